The molecule has 2 aliphatic rings. The van der Waals surface area contributed by atoms with Crippen LogP contribution in [-0.2, 0) is 14.3 Å². The predicted octanol–water partition coefficient (Wildman–Crippen LogP) is -0.508. The highest BCUT2D eigenvalue weighted by Gasteiger charge is 2.35. The molecular formula is C13H23N3O3. The maximum absolute atomic E-state index is 12.1. The maximum atomic E-state index is 12.1. The minimum absolute atomic E-state index is 0.0280. The Labute approximate surface area is 113 Å². The van der Waals surface area contributed by atoms with Gasteiger partial charge >= 0.3 is 0 Å². The van der Waals surface area contributed by atoms with E-state index in [9.17, 15) is 9.59 Å². The molecule has 1 aliphatic carbocycles. The first kappa shape index (κ1) is 14.3. The van der Waals surface area contributed by atoms with Crippen LogP contribution in [0.2, 0.25) is 0 Å². The molecule has 2 rings (SSSR count). The summed E-state index contributed by atoms with van der Waals surface area (Å²) < 4.78 is 5.34. The monoisotopic (exact) mass is 269 g/mol. The topological polar surface area (TPSA) is 70.7 Å². The molecule has 0 aromatic carbocycles. The summed E-state index contributed by atoms with van der Waals surface area (Å²) in [5.74, 6) is -0.0424. The van der Waals surface area contributed by atoms with Crippen LogP contribution in [0.1, 0.15) is 26.2 Å². The van der Waals surface area contributed by atoms with E-state index in [1.807, 2.05) is 6.92 Å². The van der Waals surface area contributed by atoms with Crippen LogP contribution in [0.15, 0.2) is 0 Å². The summed E-state index contributed by atoms with van der Waals surface area (Å²) in [6.07, 6.45) is 2.53. The SMILES string of the molecule is CCNCCC(=O)N1CCOCC1C(=O)NC1CC1. The minimum Gasteiger partial charge on any atom is -0.377 e. The lowest BCUT2D eigenvalue weighted by Gasteiger charge is -2.34. The standard InChI is InChI=1S/C13H23N3O3/c1-2-14-6-5-12(17)16-7-8-19-9-11(16)13(18)15-10-3-4-10/h10-11,14H,2-9H2,1H3,(H,15,18). The van der Waals surface area contributed by atoms with Gasteiger partial charge in [0.05, 0.1) is 13.2 Å². The normalized spacial score (nSPS) is 23.2. The quantitative estimate of drug-likeness (QED) is 0.637. The molecule has 6 heteroatoms. The summed E-state index contributed by atoms with van der Waals surface area (Å²) in [4.78, 5) is 25.9. The number of hydrogen-bond donors (Lipinski definition) is 2. The minimum atomic E-state index is -0.455. The maximum Gasteiger partial charge on any atom is 0.245 e. The van der Waals surface area contributed by atoms with Crippen LogP contribution in [0.4, 0.5) is 0 Å². The summed E-state index contributed by atoms with van der Waals surface area (Å²) in [5, 5.41) is 6.07. The zero-order valence-electron chi connectivity index (χ0n) is 11.5. The van der Waals surface area contributed by atoms with E-state index >= 15 is 0 Å². The number of ether oxygens (including phenoxy) is 1. The Morgan fingerprint density at radius 3 is 2.84 bits per heavy atom. The number of nitrogens with one attached hydrogen (secondary N) is 2. The first-order valence-corrected chi connectivity index (χ1v) is 7.10. The van der Waals surface area contributed by atoms with Gasteiger partial charge in [-0.05, 0) is 19.4 Å². The van der Waals surface area contributed by atoms with Gasteiger partial charge in [-0.2, -0.15) is 0 Å². The number of hydrogen-bond acceptors (Lipinski definition) is 4. The molecule has 1 atom stereocenters. The molecule has 0 aromatic rings. The van der Waals surface area contributed by atoms with Crippen molar-refractivity contribution in [2.45, 2.75) is 38.3 Å². The van der Waals surface area contributed by atoms with Crippen LogP contribution < -0.4 is 10.6 Å². The second-order valence-corrected chi connectivity index (χ2v) is 5.06. The van der Waals surface area contributed by atoms with Crippen LogP contribution in [0.5, 0.6) is 0 Å². The molecule has 2 fully saturated rings. The Balaban J connectivity index is 1.86. The van der Waals surface area contributed by atoms with Crippen molar-refractivity contribution in [3.05, 3.63) is 0 Å². The van der Waals surface area contributed by atoms with Gasteiger partial charge in [-0.1, -0.05) is 6.92 Å². The molecule has 1 aliphatic heterocycles. The average molecular weight is 269 g/mol. The van der Waals surface area contributed by atoms with Gasteiger partial charge in [-0.3, -0.25) is 9.59 Å². The van der Waals surface area contributed by atoms with Crippen molar-refractivity contribution in [1.29, 1.82) is 0 Å². The Bertz CT molecular complexity index is 331. The van der Waals surface area contributed by atoms with Gasteiger partial charge in [0, 0.05) is 25.6 Å². The Hall–Kier alpha value is -1.14. The van der Waals surface area contributed by atoms with Crippen LogP contribution >= 0.6 is 0 Å². The van der Waals surface area contributed by atoms with Crippen LogP contribution in [0.3, 0.4) is 0 Å². The van der Waals surface area contributed by atoms with Crippen LogP contribution in [-0.4, -0.2) is 61.6 Å². The Kier molecular flexibility index (Phi) is 5.15. The zero-order chi connectivity index (χ0) is 13.7. The largest absolute Gasteiger partial charge is 0.377 e. The fourth-order valence-corrected chi connectivity index (χ4v) is 2.16. The summed E-state index contributed by atoms with van der Waals surface area (Å²) in [7, 11) is 0. The summed E-state index contributed by atoms with van der Waals surface area (Å²) in [6.45, 7) is 4.84. The van der Waals surface area contributed by atoms with E-state index in [2.05, 4.69) is 10.6 Å². The van der Waals surface area contributed by atoms with Crippen molar-refractivity contribution in [3.8, 4) is 0 Å². The van der Waals surface area contributed by atoms with Gasteiger partial charge in [0.2, 0.25) is 11.8 Å². The summed E-state index contributed by atoms with van der Waals surface area (Å²) in [5.41, 5.74) is 0. The van der Waals surface area contributed by atoms with Crippen molar-refractivity contribution < 1.29 is 14.3 Å². The van der Waals surface area contributed by atoms with E-state index in [1.54, 1.807) is 4.90 Å². The molecular weight excluding hydrogens is 246 g/mol. The third-order valence-corrected chi connectivity index (χ3v) is 3.44. The van der Waals surface area contributed by atoms with E-state index < -0.39 is 6.04 Å². The third-order valence-electron chi connectivity index (χ3n) is 3.44. The van der Waals surface area contributed by atoms with Crippen molar-refractivity contribution in [3.63, 3.8) is 0 Å². The Morgan fingerprint density at radius 2 is 2.16 bits per heavy atom. The van der Waals surface area contributed by atoms with Crippen molar-refractivity contribution >= 4 is 11.8 Å². The lowest BCUT2D eigenvalue weighted by atomic mass is 10.2. The first-order chi connectivity index (χ1) is 9.22. The highest BCUT2D eigenvalue weighted by molar-refractivity contribution is 5.88. The molecule has 0 radical (unpaired) electrons. The molecule has 1 saturated heterocycles. The molecule has 1 unspecified atom stereocenters. The molecule has 6 nitrogen and oxygen atoms in total. The molecule has 1 saturated carbocycles. The Morgan fingerprint density at radius 1 is 1.37 bits per heavy atom. The fourth-order valence-electron chi connectivity index (χ4n) is 2.16. The average Bonchev–Trinajstić information content (AvgIpc) is 3.23. The van der Waals surface area contributed by atoms with Gasteiger partial charge in [0.15, 0.2) is 0 Å². The number of amides is 2. The van der Waals surface area contributed by atoms with Gasteiger partial charge in [0.1, 0.15) is 6.04 Å². The van der Waals surface area contributed by atoms with Gasteiger partial charge in [0.25, 0.3) is 0 Å². The third kappa shape index (κ3) is 4.18. The fraction of sp³-hybridized carbons (Fsp3) is 0.846. The second-order valence-electron chi connectivity index (χ2n) is 5.06. The van der Waals surface area contributed by atoms with Crippen molar-refractivity contribution in [2.24, 2.45) is 0 Å². The van der Waals surface area contributed by atoms with Gasteiger partial charge < -0.3 is 20.3 Å². The number of carbonyl (C=O) groups is 2. The number of carbonyl (C=O) groups excluding carboxylic acids is 2. The lowest BCUT2D eigenvalue weighted by Crippen LogP contribution is -2.56. The highest BCUT2D eigenvalue weighted by Crippen LogP contribution is 2.19. The van der Waals surface area contributed by atoms with Crippen LogP contribution in [0.25, 0.3) is 0 Å². The molecule has 108 valence electrons. The highest BCUT2D eigenvalue weighted by atomic mass is 16.5. The summed E-state index contributed by atoms with van der Waals surface area (Å²) >= 11 is 0. The lowest BCUT2D eigenvalue weighted by molar-refractivity contribution is -0.148. The van der Waals surface area contributed by atoms with E-state index in [1.165, 1.54) is 0 Å². The first-order valence-electron chi connectivity index (χ1n) is 7.10. The smallest absolute Gasteiger partial charge is 0.245 e. The predicted molar refractivity (Wildman–Crippen MR) is 70.6 cm³/mol. The molecule has 0 aromatic heterocycles. The van der Waals surface area contributed by atoms with E-state index in [0.29, 0.717) is 38.8 Å². The molecule has 19 heavy (non-hydrogen) atoms. The molecule has 2 N–H and O–H groups in total. The molecule has 2 amide bonds. The number of nitrogens with zero attached hydrogens (tertiary/aromatic N) is 1. The van der Waals surface area contributed by atoms with E-state index in [-0.39, 0.29) is 11.8 Å². The van der Waals surface area contributed by atoms with E-state index in [0.717, 1.165) is 19.4 Å². The van der Waals surface area contributed by atoms with Gasteiger partial charge in [-0.25, -0.2) is 0 Å². The van der Waals surface area contributed by atoms with Crippen molar-refractivity contribution in [2.75, 3.05) is 32.8 Å². The van der Waals surface area contributed by atoms with Crippen LogP contribution in [0, 0.1) is 0 Å². The van der Waals surface area contributed by atoms with Gasteiger partial charge in [-0.15, -0.1) is 0 Å². The van der Waals surface area contributed by atoms with E-state index in [4.69, 9.17) is 4.74 Å². The summed E-state index contributed by atoms with van der Waals surface area (Å²) in [6, 6.07) is -0.142. The number of morpholine rings is 1. The molecule has 1 heterocycles. The molecule has 0 spiro atoms. The second kappa shape index (κ2) is 6.86. The molecule has 0 bridgehead atoms. The zero-order valence-corrected chi connectivity index (χ0v) is 11.5. The number of rotatable bonds is 6. The van der Waals surface area contributed by atoms with Crippen molar-refractivity contribution in [1.82, 2.24) is 15.5 Å².